The molecule has 0 saturated heterocycles. The van der Waals surface area contributed by atoms with Crippen LogP contribution in [0, 0.1) is 0 Å². The Labute approximate surface area is 143 Å². The number of furan rings is 1. The van der Waals surface area contributed by atoms with E-state index < -0.39 is 14.6 Å². The van der Waals surface area contributed by atoms with Crippen molar-refractivity contribution in [1.29, 1.82) is 0 Å². The first-order valence-electron chi connectivity index (χ1n) is 7.77. The Balaban J connectivity index is 2.21. The van der Waals surface area contributed by atoms with Gasteiger partial charge < -0.3 is 9.73 Å². The molecule has 1 N–H and O–H groups in total. The SMILES string of the molecule is CC(C)c1ccoc1C(=O)Nc1ccc(S(=O)(=O)C(C)(C)C)cc1. The lowest BCUT2D eigenvalue weighted by atomic mass is 10.0. The maximum atomic E-state index is 12.4. The fourth-order valence-electron chi connectivity index (χ4n) is 2.22. The van der Waals surface area contributed by atoms with Crippen LogP contribution in [0.1, 0.15) is 56.7 Å². The van der Waals surface area contributed by atoms with Crippen molar-refractivity contribution < 1.29 is 17.6 Å². The molecular weight excluding hydrogens is 326 g/mol. The van der Waals surface area contributed by atoms with Crippen LogP contribution < -0.4 is 5.32 Å². The number of nitrogens with one attached hydrogen (secondary N) is 1. The Morgan fingerprint density at radius 1 is 1.08 bits per heavy atom. The van der Waals surface area contributed by atoms with Gasteiger partial charge in [0.25, 0.3) is 5.91 Å². The van der Waals surface area contributed by atoms with E-state index in [9.17, 15) is 13.2 Å². The highest BCUT2D eigenvalue weighted by Crippen LogP contribution is 2.26. The van der Waals surface area contributed by atoms with Gasteiger partial charge in [-0.3, -0.25) is 4.79 Å². The fraction of sp³-hybridized carbons (Fsp3) is 0.389. The second-order valence-electron chi connectivity index (χ2n) is 6.95. The largest absolute Gasteiger partial charge is 0.459 e. The molecule has 0 aliphatic heterocycles. The number of rotatable bonds is 4. The Morgan fingerprint density at radius 3 is 2.17 bits per heavy atom. The quantitative estimate of drug-likeness (QED) is 0.896. The van der Waals surface area contributed by atoms with E-state index in [0.717, 1.165) is 5.56 Å². The summed E-state index contributed by atoms with van der Waals surface area (Å²) in [5.41, 5.74) is 1.35. The third-order valence-corrected chi connectivity index (χ3v) is 6.26. The van der Waals surface area contributed by atoms with Gasteiger partial charge in [0.1, 0.15) is 0 Å². The second-order valence-corrected chi connectivity index (χ2v) is 9.66. The summed E-state index contributed by atoms with van der Waals surface area (Å²) in [6.45, 7) is 8.93. The van der Waals surface area contributed by atoms with Gasteiger partial charge in [0.2, 0.25) is 0 Å². The predicted molar refractivity (Wildman–Crippen MR) is 94.1 cm³/mol. The third-order valence-electron chi connectivity index (χ3n) is 3.75. The number of anilines is 1. The molecule has 2 aromatic rings. The number of hydrogen-bond donors (Lipinski definition) is 1. The molecule has 1 heterocycles. The molecule has 0 radical (unpaired) electrons. The summed E-state index contributed by atoms with van der Waals surface area (Å²) in [6.07, 6.45) is 1.49. The minimum Gasteiger partial charge on any atom is -0.459 e. The van der Waals surface area contributed by atoms with Crippen LogP contribution in [-0.4, -0.2) is 19.1 Å². The molecule has 0 fully saturated rings. The van der Waals surface area contributed by atoms with Crippen LogP contribution in [0.25, 0.3) is 0 Å². The van der Waals surface area contributed by atoms with Crippen molar-refractivity contribution in [2.75, 3.05) is 5.32 Å². The molecule has 0 bridgehead atoms. The van der Waals surface area contributed by atoms with Crippen molar-refractivity contribution in [1.82, 2.24) is 0 Å². The van der Waals surface area contributed by atoms with E-state index in [1.54, 1.807) is 39.0 Å². The van der Waals surface area contributed by atoms with Crippen LogP contribution in [0.15, 0.2) is 45.9 Å². The first kappa shape index (κ1) is 18.3. The van der Waals surface area contributed by atoms with Crippen LogP contribution in [-0.2, 0) is 9.84 Å². The minimum atomic E-state index is -3.41. The van der Waals surface area contributed by atoms with Crippen molar-refractivity contribution in [3.05, 3.63) is 47.9 Å². The van der Waals surface area contributed by atoms with Crippen molar-refractivity contribution >= 4 is 21.4 Å². The molecule has 0 aliphatic carbocycles. The summed E-state index contributed by atoms with van der Waals surface area (Å²) in [7, 11) is -3.41. The van der Waals surface area contributed by atoms with Crippen molar-refractivity contribution in [2.24, 2.45) is 0 Å². The number of amides is 1. The zero-order valence-electron chi connectivity index (χ0n) is 14.6. The van der Waals surface area contributed by atoms with Gasteiger partial charge in [-0.2, -0.15) is 0 Å². The van der Waals surface area contributed by atoms with Crippen molar-refractivity contribution in [2.45, 2.75) is 50.2 Å². The van der Waals surface area contributed by atoms with Crippen molar-refractivity contribution in [3.63, 3.8) is 0 Å². The van der Waals surface area contributed by atoms with E-state index in [-0.39, 0.29) is 22.5 Å². The van der Waals surface area contributed by atoms with E-state index >= 15 is 0 Å². The van der Waals surface area contributed by atoms with Gasteiger partial charge in [0.15, 0.2) is 15.6 Å². The number of benzene rings is 1. The Morgan fingerprint density at radius 2 is 1.67 bits per heavy atom. The van der Waals surface area contributed by atoms with Gasteiger partial charge in [0, 0.05) is 11.3 Å². The Hall–Kier alpha value is -2.08. The molecule has 1 aromatic carbocycles. The molecule has 130 valence electrons. The van der Waals surface area contributed by atoms with Crippen LogP contribution in [0.5, 0.6) is 0 Å². The molecule has 6 heteroatoms. The molecule has 0 saturated carbocycles. The van der Waals surface area contributed by atoms with Crippen LogP contribution in [0.2, 0.25) is 0 Å². The number of carbonyl (C=O) groups excluding carboxylic acids is 1. The van der Waals surface area contributed by atoms with Gasteiger partial charge in [-0.1, -0.05) is 13.8 Å². The molecular formula is C18H23NO4S. The number of sulfone groups is 1. The van der Waals surface area contributed by atoms with E-state index in [4.69, 9.17) is 4.42 Å². The normalized spacial score (nSPS) is 12.4. The molecule has 0 atom stereocenters. The molecule has 0 unspecified atom stereocenters. The van der Waals surface area contributed by atoms with Gasteiger partial charge >= 0.3 is 0 Å². The highest BCUT2D eigenvalue weighted by Gasteiger charge is 2.30. The molecule has 24 heavy (non-hydrogen) atoms. The topological polar surface area (TPSA) is 76.4 Å². The monoisotopic (exact) mass is 349 g/mol. The summed E-state index contributed by atoms with van der Waals surface area (Å²) in [6, 6.07) is 7.94. The van der Waals surface area contributed by atoms with Gasteiger partial charge in [-0.25, -0.2) is 8.42 Å². The Kier molecular flexibility index (Phi) is 4.90. The van der Waals surface area contributed by atoms with Crippen molar-refractivity contribution in [3.8, 4) is 0 Å². The highest BCUT2D eigenvalue weighted by molar-refractivity contribution is 7.92. The lowest BCUT2D eigenvalue weighted by molar-refractivity contribution is 0.0995. The molecule has 0 spiro atoms. The third kappa shape index (κ3) is 3.53. The lowest BCUT2D eigenvalue weighted by Crippen LogP contribution is -2.27. The molecule has 1 amide bonds. The minimum absolute atomic E-state index is 0.170. The predicted octanol–water partition coefficient (Wildman–Crippen LogP) is 4.23. The zero-order chi connectivity index (χ0) is 18.1. The maximum absolute atomic E-state index is 12.4. The van der Waals surface area contributed by atoms with Gasteiger partial charge in [-0.15, -0.1) is 0 Å². The summed E-state index contributed by atoms with van der Waals surface area (Å²) in [5, 5.41) is 2.73. The maximum Gasteiger partial charge on any atom is 0.291 e. The fourth-order valence-corrected chi connectivity index (χ4v) is 3.42. The summed E-state index contributed by atoms with van der Waals surface area (Å²) in [5.74, 6) is 0.0929. The highest BCUT2D eigenvalue weighted by atomic mass is 32.2. The summed E-state index contributed by atoms with van der Waals surface area (Å²) >= 11 is 0. The van der Waals surface area contributed by atoms with Gasteiger partial charge in [0.05, 0.1) is 15.9 Å². The summed E-state index contributed by atoms with van der Waals surface area (Å²) in [4.78, 5) is 12.5. The first-order chi connectivity index (χ1) is 11.0. The van der Waals surface area contributed by atoms with E-state index in [2.05, 4.69) is 5.32 Å². The van der Waals surface area contributed by atoms with E-state index in [0.29, 0.717) is 5.69 Å². The van der Waals surface area contributed by atoms with E-state index in [1.165, 1.54) is 18.4 Å². The molecule has 5 nitrogen and oxygen atoms in total. The molecule has 2 rings (SSSR count). The van der Waals surface area contributed by atoms with Crippen LogP contribution in [0.3, 0.4) is 0 Å². The summed E-state index contributed by atoms with van der Waals surface area (Å²) < 4.78 is 29.2. The van der Waals surface area contributed by atoms with E-state index in [1.807, 2.05) is 13.8 Å². The Bertz CT molecular complexity index is 825. The zero-order valence-corrected chi connectivity index (χ0v) is 15.4. The first-order valence-corrected chi connectivity index (χ1v) is 9.26. The molecule has 0 aliphatic rings. The standard InChI is InChI=1S/C18H23NO4S/c1-12(2)15-10-11-23-16(15)17(20)19-13-6-8-14(9-7-13)24(21,22)18(3,4)5/h6-12H,1-5H3,(H,19,20). The van der Waals surface area contributed by atoms with Crippen LogP contribution >= 0.6 is 0 Å². The number of carbonyl (C=O) groups is 1. The lowest BCUT2D eigenvalue weighted by Gasteiger charge is -2.19. The average molecular weight is 349 g/mol. The van der Waals surface area contributed by atoms with Gasteiger partial charge in [-0.05, 0) is 57.0 Å². The molecule has 1 aromatic heterocycles. The smallest absolute Gasteiger partial charge is 0.291 e. The number of hydrogen-bond acceptors (Lipinski definition) is 4. The van der Waals surface area contributed by atoms with Crippen LogP contribution in [0.4, 0.5) is 5.69 Å². The average Bonchev–Trinajstić information content (AvgIpc) is 2.96. The second kappa shape index (κ2) is 6.43.